The topological polar surface area (TPSA) is 70.6 Å². The molecule has 0 spiro atoms. The third-order valence-corrected chi connectivity index (χ3v) is 6.62. The number of hydrogen-bond acceptors (Lipinski definition) is 4. The molecule has 1 saturated heterocycles. The number of imide groups is 1. The quantitative estimate of drug-likeness (QED) is 0.486. The molecule has 1 fully saturated rings. The molecule has 1 aromatic heterocycles. The summed E-state index contributed by atoms with van der Waals surface area (Å²) < 4.78 is 0. The molecule has 1 aliphatic rings. The second kappa shape index (κ2) is 10.00. The Balaban J connectivity index is 1.59. The minimum Gasteiger partial charge on any atom is -0.345 e. The van der Waals surface area contributed by atoms with E-state index in [1.165, 1.54) is 4.90 Å². The Bertz CT molecular complexity index is 1180. The van der Waals surface area contributed by atoms with Crippen molar-refractivity contribution in [1.82, 2.24) is 14.8 Å². The number of likely N-dealkylation sites (N-methyl/N-ethyl adjacent to an activating group) is 1. The fourth-order valence-corrected chi connectivity index (χ4v) is 4.64. The summed E-state index contributed by atoms with van der Waals surface area (Å²) >= 11 is 0. The van der Waals surface area contributed by atoms with E-state index in [2.05, 4.69) is 4.98 Å². The molecule has 34 heavy (non-hydrogen) atoms. The lowest BCUT2D eigenvalue weighted by Gasteiger charge is -2.30. The molecular weight excluding hydrogens is 426 g/mol. The number of aryl methyl sites for hydroxylation is 1. The van der Waals surface area contributed by atoms with E-state index in [1.54, 1.807) is 36.5 Å². The summed E-state index contributed by atoms with van der Waals surface area (Å²) in [4.78, 5) is 47.3. The Morgan fingerprint density at radius 2 is 1.65 bits per heavy atom. The number of aromatic nitrogens is 1. The van der Waals surface area contributed by atoms with E-state index in [0.29, 0.717) is 6.54 Å². The van der Waals surface area contributed by atoms with Crippen molar-refractivity contribution >= 4 is 17.7 Å². The number of benzene rings is 2. The maximum absolute atomic E-state index is 13.9. The lowest BCUT2D eigenvalue weighted by Crippen LogP contribution is -2.43. The van der Waals surface area contributed by atoms with Crippen LogP contribution in [0.15, 0.2) is 79.1 Å². The lowest BCUT2D eigenvalue weighted by atomic mass is 9.74. The van der Waals surface area contributed by atoms with Crippen LogP contribution in [-0.4, -0.2) is 46.1 Å². The van der Waals surface area contributed by atoms with Crippen LogP contribution in [0, 0.1) is 6.92 Å². The molecule has 0 bridgehead atoms. The predicted octanol–water partition coefficient (Wildman–Crippen LogP) is 3.68. The monoisotopic (exact) mass is 455 g/mol. The molecule has 0 unspecified atom stereocenters. The number of likely N-dealkylation sites (tertiary alicyclic amines) is 1. The van der Waals surface area contributed by atoms with Gasteiger partial charge in [0, 0.05) is 38.8 Å². The van der Waals surface area contributed by atoms with E-state index in [-0.39, 0.29) is 37.1 Å². The van der Waals surface area contributed by atoms with Crippen molar-refractivity contribution in [2.24, 2.45) is 0 Å². The van der Waals surface area contributed by atoms with E-state index in [1.807, 2.05) is 61.5 Å². The molecule has 0 radical (unpaired) electrons. The molecule has 3 aromatic rings. The summed E-state index contributed by atoms with van der Waals surface area (Å²) in [5.74, 6) is -0.718. The largest absolute Gasteiger partial charge is 0.345 e. The van der Waals surface area contributed by atoms with E-state index in [0.717, 1.165) is 28.7 Å². The SMILES string of the molecule is Cc1ccccc1[C@]1(CC(=O)N(C)CCc2ccccc2)CC(=O)N(Cc2ccncc2)C1=O. The normalized spacial score (nSPS) is 17.8. The smallest absolute Gasteiger partial charge is 0.241 e. The lowest BCUT2D eigenvalue weighted by molar-refractivity contribution is -0.143. The Morgan fingerprint density at radius 1 is 0.971 bits per heavy atom. The summed E-state index contributed by atoms with van der Waals surface area (Å²) in [6, 6.07) is 21.1. The number of rotatable bonds is 8. The second-order valence-corrected chi connectivity index (χ2v) is 8.94. The van der Waals surface area contributed by atoms with Crippen molar-refractivity contribution in [3.8, 4) is 0 Å². The molecule has 6 heteroatoms. The molecule has 0 N–H and O–H groups in total. The van der Waals surface area contributed by atoms with Gasteiger partial charge in [0.1, 0.15) is 0 Å². The highest BCUT2D eigenvalue weighted by Crippen LogP contribution is 2.42. The zero-order valence-electron chi connectivity index (χ0n) is 19.6. The Kier molecular flexibility index (Phi) is 6.87. The first kappa shape index (κ1) is 23.4. The van der Waals surface area contributed by atoms with Gasteiger partial charge in [-0.15, -0.1) is 0 Å². The van der Waals surface area contributed by atoms with Gasteiger partial charge >= 0.3 is 0 Å². The molecule has 0 aliphatic carbocycles. The van der Waals surface area contributed by atoms with Gasteiger partial charge in [-0.3, -0.25) is 24.3 Å². The minimum atomic E-state index is -1.20. The standard InChI is InChI=1S/C28H29N3O3/c1-21-8-6-7-11-24(21)28(18-25(32)30(2)17-14-22-9-4-3-5-10-22)19-26(33)31(27(28)34)20-23-12-15-29-16-13-23/h3-13,15-16H,14,17-20H2,1-2H3/t28-/m0/s1. The van der Waals surface area contributed by atoms with Crippen LogP contribution in [0.4, 0.5) is 0 Å². The van der Waals surface area contributed by atoms with Gasteiger partial charge in [-0.2, -0.15) is 0 Å². The van der Waals surface area contributed by atoms with Crippen LogP contribution in [-0.2, 0) is 32.8 Å². The molecule has 3 amide bonds. The van der Waals surface area contributed by atoms with Crippen molar-refractivity contribution in [3.63, 3.8) is 0 Å². The zero-order valence-corrected chi connectivity index (χ0v) is 19.6. The highest BCUT2D eigenvalue weighted by molar-refractivity contribution is 6.10. The van der Waals surface area contributed by atoms with Gasteiger partial charge in [-0.25, -0.2) is 0 Å². The Labute approximate surface area is 200 Å². The Morgan fingerprint density at radius 3 is 2.35 bits per heavy atom. The first-order chi connectivity index (χ1) is 16.4. The summed E-state index contributed by atoms with van der Waals surface area (Å²) in [5.41, 5.74) is 2.41. The minimum absolute atomic E-state index is 0.0139. The first-order valence-electron chi connectivity index (χ1n) is 11.5. The fraction of sp³-hybridized carbons (Fsp3) is 0.286. The number of carbonyl (C=O) groups excluding carboxylic acids is 3. The van der Waals surface area contributed by atoms with Crippen LogP contribution >= 0.6 is 0 Å². The molecule has 2 heterocycles. The van der Waals surface area contributed by atoms with Crippen molar-refractivity contribution in [2.75, 3.05) is 13.6 Å². The van der Waals surface area contributed by atoms with Crippen molar-refractivity contribution < 1.29 is 14.4 Å². The van der Waals surface area contributed by atoms with Crippen LogP contribution in [0.2, 0.25) is 0 Å². The average Bonchev–Trinajstić information content (AvgIpc) is 3.08. The van der Waals surface area contributed by atoms with Gasteiger partial charge in [0.15, 0.2) is 0 Å². The van der Waals surface area contributed by atoms with E-state index >= 15 is 0 Å². The number of pyridine rings is 1. The summed E-state index contributed by atoms with van der Waals surface area (Å²) in [5, 5.41) is 0. The van der Waals surface area contributed by atoms with Gasteiger partial charge in [0.25, 0.3) is 0 Å². The molecule has 4 rings (SSSR count). The maximum Gasteiger partial charge on any atom is 0.241 e. The molecule has 6 nitrogen and oxygen atoms in total. The number of hydrogen-bond donors (Lipinski definition) is 0. The third-order valence-electron chi connectivity index (χ3n) is 6.62. The van der Waals surface area contributed by atoms with Gasteiger partial charge in [-0.1, -0.05) is 54.6 Å². The van der Waals surface area contributed by atoms with Gasteiger partial charge in [-0.05, 0) is 47.7 Å². The van der Waals surface area contributed by atoms with E-state index in [9.17, 15) is 14.4 Å². The Hall–Kier alpha value is -3.80. The van der Waals surface area contributed by atoms with Crippen LogP contribution in [0.1, 0.15) is 35.1 Å². The van der Waals surface area contributed by atoms with Gasteiger partial charge in [0.2, 0.25) is 17.7 Å². The fourth-order valence-electron chi connectivity index (χ4n) is 4.64. The summed E-state index contributed by atoms with van der Waals surface area (Å²) in [6.45, 7) is 2.63. The van der Waals surface area contributed by atoms with Gasteiger partial charge in [0.05, 0.1) is 12.0 Å². The van der Waals surface area contributed by atoms with Crippen molar-refractivity contribution in [1.29, 1.82) is 0 Å². The summed E-state index contributed by atoms with van der Waals surface area (Å²) in [6.07, 6.45) is 3.95. The maximum atomic E-state index is 13.9. The highest BCUT2D eigenvalue weighted by Gasteiger charge is 2.54. The van der Waals surface area contributed by atoms with Crippen LogP contribution < -0.4 is 0 Å². The van der Waals surface area contributed by atoms with Crippen LogP contribution in [0.5, 0.6) is 0 Å². The van der Waals surface area contributed by atoms with E-state index < -0.39 is 5.41 Å². The molecule has 1 atom stereocenters. The van der Waals surface area contributed by atoms with Crippen molar-refractivity contribution in [3.05, 3.63) is 101 Å². The molecular formula is C28H29N3O3. The van der Waals surface area contributed by atoms with Crippen molar-refractivity contribution in [2.45, 2.75) is 38.1 Å². The number of amides is 3. The average molecular weight is 456 g/mol. The number of nitrogens with zero attached hydrogens (tertiary/aromatic N) is 3. The van der Waals surface area contributed by atoms with Gasteiger partial charge < -0.3 is 4.90 Å². The summed E-state index contributed by atoms with van der Waals surface area (Å²) in [7, 11) is 1.76. The molecule has 174 valence electrons. The second-order valence-electron chi connectivity index (χ2n) is 8.94. The van der Waals surface area contributed by atoms with Crippen LogP contribution in [0.25, 0.3) is 0 Å². The first-order valence-corrected chi connectivity index (χ1v) is 11.5. The highest BCUT2D eigenvalue weighted by atomic mass is 16.2. The molecule has 2 aromatic carbocycles. The zero-order chi connectivity index (χ0) is 24.1. The van der Waals surface area contributed by atoms with Crippen LogP contribution in [0.3, 0.4) is 0 Å². The third kappa shape index (κ3) is 4.76. The number of carbonyl (C=O) groups is 3. The van der Waals surface area contributed by atoms with E-state index in [4.69, 9.17) is 0 Å². The predicted molar refractivity (Wildman–Crippen MR) is 130 cm³/mol. The molecule has 0 saturated carbocycles. The molecule has 1 aliphatic heterocycles.